The fourth-order valence-electron chi connectivity index (χ4n) is 3.61. The van der Waals surface area contributed by atoms with Crippen LogP contribution in [0.1, 0.15) is 25.3 Å². The molecule has 32 heavy (non-hydrogen) atoms. The van der Waals surface area contributed by atoms with Gasteiger partial charge in [0.25, 0.3) is 0 Å². The molecule has 2 heterocycles. The zero-order valence-corrected chi connectivity index (χ0v) is 18.9. The second-order valence-corrected chi connectivity index (χ2v) is 8.34. The quantitative estimate of drug-likeness (QED) is 0.509. The Morgan fingerprint density at radius 2 is 1.94 bits per heavy atom. The smallest absolute Gasteiger partial charge is 0.226 e. The third-order valence-electron chi connectivity index (χ3n) is 5.28. The summed E-state index contributed by atoms with van der Waals surface area (Å²) in [5.74, 6) is 1.47. The number of amides is 2. The first kappa shape index (κ1) is 21.8. The number of hydrogen-bond donors (Lipinski definition) is 1. The maximum Gasteiger partial charge on any atom is 0.226 e. The number of ether oxygens (including phenoxy) is 2. The number of methoxy groups -OCH3 is 1. The molecule has 1 aromatic heterocycles. The summed E-state index contributed by atoms with van der Waals surface area (Å²) in [5, 5.41) is 5.33. The van der Waals surface area contributed by atoms with Gasteiger partial charge in [-0.3, -0.25) is 9.59 Å². The van der Waals surface area contributed by atoms with E-state index in [1.165, 1.54) is 16.9 Å². The van der Waals surface area contributed by atoms with E-state index >= 15 is 0 Å². The van der Waals surface area contributed by atoms with Crippen LogP contribution in [-0.4, -0.2) is 37.1 Å². The Morgan fingerprint density at radius 1 is 1.16 bits per heavy atom. The third-order valence-corrected chi connectivity index (χ3v) is 6.04. The molecule has 0 saturated carbocycles. The predicted molar refractivity (Wildman–Crippen MR) is 126 cm³/mol. The first-order valence-electron chi connectivity index (χ1n) is 10.5. The van der Waals surface area contributed by atoms with Crippen LogP contribution in [0.15, 0.2) is 47.8 Å². The maximum atomic E-state index is 12.3. The van der Waals surface area contributed by atoms with Crippen LogP contribution in [0.3, 0.4) is 0 Å². The van der Waals surface area contributed by atoms with Gasteiger partial charge in [0.15, 0.2) is 5.13 Å². The van der Waals surface area contributed by atoms with Crippen molar-refractivity contribution in [3.05, 3.63) is 53.4 Å². The Kier molecular flexibility index (Phi) is 6.70. The summed E-state index contributed by atoms with van der Waals surface area (Å²) in [4.78, 5) is 30.5. The fourth-order valence-corrected chi connectivity index (χ4v) is 4.34. The lowest BCUT2D eigenvalue weighted by molar-refractivity contribution is -0.117. The lowest BCUT2D eigenvalue weighted by Crippen LogP contribution is -2.25. The van der Waals surface area contributed by atoms with Crippen LogP contribution < -0.4 is 19.7 Å². The van der Waals surface area contributed by atoms with Gasteiger partial charge in [-0.25, -0.2) is 4.98 Å². The van der Waals surface area contributed by atoms with Crippen LogP contribution >= 0.6 is 11.3 Å². The van der Waals surface area contributed by atoms with Crippen LogP contribution in [0.5, 0.6) is 11.5 Å². The van der Waals surface area contributed by atoms with E-state index in [4.69, 9.17) is 9.47 Å². The minimum Gasteiger partial charge on any atom is -0.497 e. The van der Waals surface area contributed by atoms with Gasteiger partial charge in [-0.1, -0.05) is 12.1 Å². The summed E-state index contributed by atoms with van der Waals surface area (Å²) in [7, 11) is 1.62. The average molecular weight is 452 g/mol. The Balaban J connectivity index is 1.28. The number of hydrogen-bond acceptors (Lipinski definition) is 6. The Bertz CT molecular complexity index is 1110. The highest BCUT2D eigenvalue weighted by molar-refractivity contribution is 7.14. The highest BCUT2D eigenvalue weighted by atomic mass is 32.1. The van der Waals surface area contributed by atoms with Crippen molar-refractivity contribution >= 4 is 34.0 Å². The maximum absolute atomic E-state index is 12.3. The molecule has 0 atom stereocenters. The molecular weight excluding hydrogens is 426 g/mol. The number of anilines is 2. The highest BCUT2D eigenvalue weighted by Crippen LogP contribution is 2.34. The molecular formula is C24H25N3O4S. The monoisotopic (exact) mass is 451 g/mol. The topological polar surface area (TPSA) is 80.8 Å². The zero-order valence-electron chi connectivity index (χ0n) is 18.1. The van der Waals surface area contributed by atoms with E-state index < -0.39 is 0 Å². The third kappa shape index (κ3) is 5.08. The van der Waals surface area contributed by atoms with Gasteiger partial charge in [0.2, 0.25) is 11.8 Å². The molecule has 4 rings (SSSR count). The van der Waals surface area contributed by atoms with Gasteiger partial charge >= 0.3 is 0 Å². The van der Waals surface area contributed by atoms with Crippen molar-refractivity contribution in [1.82, 2.24) is 4.98 Å². The molecule has 2 amide bonds. The SMILES string of the molecule is COc1ccc(OCCCC(=O)Nc2nc(-c3ccc4c(c3)N(C(C)=O)CC4)cs2)cc1. The van der Waals surface area contributed by atoms with Crippen molar-refractivity contribution in [2.24, 2.45) is 0 Å². The van der Waals surface area contributed by atoms with E-state index in [2.05, 4.69) is 10.3 Å². The molecule has 0 aliphatic carbocycles. The molecule has 1 aliphatic heterocycles. The molecule has 0 unspecified atom stereocenters. The molecule has 0 saturated heterocycles. The molecule has 0 bridgehead atoms. The van der Waals surface area contributed by atoms with Crippen molar-refractivity contribution in [2.45, 2.75) is 26.2 Å². The Morgan fingerprint density at radius 3 is 2.69 bits per heavy atom. The summed E-state index contributed by atoms with van der Waals surface area (Å²) in [5.41, 5.74) is 3.84. The Hall–Kier alpha value is -3.39. The predicted octanol–water partition coefficient (Wildman–Crippen LogP) is 4.53. The molecule has 2 aromatic carbocycles. The number of rotatable bonds is 8. The first-order chi connectivity index (χ1) is 15.5. The number of carbonyl (C=O) groups excluding carboxylic acids is 2. The number of benzene rings is 2. The van der Waals surface area contributed by atoms with Crippen molar-refractivity contribution in [2.75, 3.05) is 30.5 Å². The second-order valence-electron chi connectivity index (χ2n) is 7.48. The molecule has 0 radical (unpaired) electrons. The lowest BCUT2D eigenvalue weighted by atomic mass is 10.1. The van der Waals surface area contributed by atoms with E-state index in [0.717, 1.165) is 34.9 Å². The normalized spacial score (nSPS) is 12.4. The van der Waals surface area contributed by atoms with Crippen molar-refractivity contribution in [3.63, 3.8) is 0 Å². The van der Waals surface area contributed by atoms with Gasteiger partial charge < -0.3 is 19.7 Å². The standard InChI is InChI=1S/C24H25N3O4S/c1-16(28)27-12-11-17-5-6-18(14-22(17)27)21-15-32-24(25-21)26-23(29)4-3-13-31-20-9-7-19(30-2)8-10-20/h5-10,14-15H,3-4,11-13H2,1-2H3,(H,25,26,29). The molecule has 1 N–H and O–H groups in total. The molecule has 1 aliphatic rings. The zero-order chi connectivity index (χ0) is 22.5. The summed E-state index contributed by atoms with van der Waals surface area (Å²) in [6.07, 6.45) is 1.81. The summed E-state index contributed by atoms with van der Waals surface area (Å²) in [6, 6.07) is 13.4. The van der Waals surface area contributed by atoms with E-state index in [9.17, 15) is 9.59 Å². The van der Waals surface area contributed by atoms with Crippen LogP contribution in [0, 0.1) is 0 Å². The number of fused-ring (bicyclic) bond motifs is 1. The van der Waals surface area contributed by atoms with Crippen LogP contribution in [0.25, 0.3) is 11.3 Å². The average Bonchev–Trinajstić information content (AvgIpc) is 3.43. The minimum absolute atomic E-state index is 0.0445. The van der Waals surface area contributed by atoms with Gasteiger partial charge in [0.05, 0.1) is 19.4 Å². The molecule has 166 valence electrons. The minimum atomic E-state index is -0.0964. The van der Waals surface area contributed by atoms with Gasteiger partial charge in [-0.05, 0) is 48.7 Å². The largest absolute Gasteiger partial charge is 0.497 e. The molecule has 0 spiro atoms. The van der Waals surface area contributed by atoms with Gasteiger partial charge in [-0.15, -0.1) is 11.3 Å². The summed E-state index contributed by atoms with van der Waals surface area (Å²) >= 11 is 1.39. The van der Waals surface area contributed by atoms with E-state index in [0.29, 0.717) is 31.1 Å². The molecule has 0 fully saturated rings. The van der Waals surface area contributed by atoms with E-state index in [-0.39, 0.29) is 11.8 Å². The van der Waals surface area contributed by atoms with Crippen LogP contribution in [-0.2, 0) is 16.0 Å². The first-order valence-corrected chi connectivity index (χ1v) is 11.3. The van der Waals surface area contributed by atoms with E-state index in [1.54, 1.807) is 18.9 Å². The lowest BCUT2D eigenvalue weighted by Gasteiger charge is -2.15. The molecule has 3 aromatic rings. The molecule has 7 nitrogen and oxygen atoms in total. The van der Waals surface area contributed by atoms with Crippen LogP contribution in [0.2, 0.25) is 0 Å². The van der Waals surface area contributed by atoms with Gasteiger partial charge in [-0.2, -0.15) is 0 Å². The van der Waals surface area contributed by atoms with Crippen LogP contribution in [0.4, 0.5) is 10.8 Å². The number of nitrogens with one attached hydrogen (secondary N) is 1. The number of nitrogens with zero attached hydrogens (tertiary/aromatic N) is 2. The summed E-state index contributed by atoms with van der Waals surface area (Å²) < 4.78 is 10.8. The second kappa shape index (κ2) is 9.82. The van der Waals surface area contributed by atoms with Crippen molar-refractivity contribution < 1.29 is 19.1 Å². The number of aromatic nitrogens is 1. The van der Waals surface area contributed by atoms with E-state index in [1.807, 2.05) is 47.8 Å². The molecule has 8 heteroatoms. The number of carbonyl (C=O) groups is 2. The highest BCUT2D eigenvalue weighted by Gasteiger charge is 2.22. The summed E-state index contributed by atoms with van der Waals surface area (Å²) in [6.45, 7) is 2.75. The Labute approximate surface area is 191 Å². The van der Waals surface area contributed by atoms with Crippen molar-refractivity contribution in [3.8, 4) is 22.8 Å². The van der Waals surface area contributed by atoms with Gasteiger partial charge in [0.1, 0.15) is 11.5 Å². The van der Waals surface area contributed by atoms with Gasteiger partial charge in [0, 0.05) is 36.5 Å². The fraction of sp³-hybridized carbons (Fsp3) is 0.292. The van der Waals surface area contributed by atoms with Crippen molar-refractivity contribution in [1.29, 1.82) is 0 Å². The number of thiazole rings is 1.